The van der Waals surface area contributed by atoms with Crippen molar-refractivity contribution in [3.63, 3.8) is 0 Å². The molecule has 0 aliphatic heterocycles. The lowest BCUT2D eigenvalue weighted by molar-refractivity contribution is 0.434. The van der Waals surface area contributed by atoms with Crippen LogP contribution in [0.15, 0.2) is 40.9 Å². The Morgan fingerprint density at radius 3 is 2.63 bits per heavy atom. The predicted molar refractivity (Wildman–Crippen MR) is 73.3 cm³/mol. The van der Waals surface area contributed by atoms with Crippen molar-refractivity contribution < 1.29 is 13.5 Å². The van der Waals surface area contributed by atoms with Crippen molar-refractivity contribution in [1.29, 1.82) is 0 Å². The van der Waals surface area contributed by atoms with Crippen LogP contribution in [-0.4, -0.2) is 7.05 Å². The smallest absolute Gasteiger partial charge is 0.165 e. The SMILES string of the molecule is CNCc1cc(F)ccc1Oc1cc(Br)ccc1F. The molecule has 100 valence electrons. The molecule has 5 heteroatoms. The van der Waals surface area contributed by atoms with E-state index in [1.165, 1.54) is 30.3 Å². The van der Waals surface area contributed by atoms with Gasteiger partial charge in [0, 0.05) is 16.6 Å². The summed E-state index contributed by atoms with van der Waals surface area (Å²) in [5.74, 6) is -0.304. The van der Waals surface area contributed by atoms with Gasteiger partial charge in [-0.25, -0.2) is 8.78 Å². The molecule has 0 saturated carbocycles. The zero-order valence-electron chi connectivity index (χ0n) is 10.2. The molecular formula is C14H12BrF2NO. The molecule has 2 rings (SSSR count). The molecule has 0 unspecified atom stereocenters. The predicted octanol–water partition coefficient (Wildman–Crippen LogP) is 4.24. The third-order valence-electron chi connectivity index (χ3n) is 2.50. The first-order valence-electron chi connectivity index (χ1n) is 5.66. The highest BCUT2D eigenvalue weighted by atomic mass is 79.9. The number of ether oxygens (including phenoxy) is 1. The number of benzene rings is 2. The van der Waals surface area contributed by atoms with Gasteiger partial charge in [-0.3, -0.25) is 0 Å². The molecule has 2 aromatic rings. The maximum Gasteiger partial charge on any atom is 0.165 e. The van der Waals surface area contributed by atoms with Crippen molar-refractivity contribution >= 4 is 15.9 Å². The van der Waals surface area contributed by atoms with Gasteiger partial charge >= 0.3 is 0 Å². The second kappa shape index (κ2) is 6.12. The van der Waals surface area contributed by atoms with Crippen LogP contribution in [0, 0.1) is 11.6 Å². The molecule has 19 heavy (non-hydrogen) atoms. The highest BCUT2D eigenvalue weighted by Crippen LogP contribution is 2.30. The van der Waals surface area contributed by atoms with Crippen molar-refractivity contribution in [2.24, 2.45) is 0 Å². The fraction of sp³-hybridized carbons (Fsp3) is 0.143. The third-order valence-corrected chi connectivity index (χ3v) is 3.00. The Morgan fingerprint density at radius 1 is 1.11 bits per heavy atom. The molecule has 0 aliphatic carbocycles. The van der Waals surface area contributed by atoms with Gasteiger partial charge in [0.1, 0.15) is 11.6 Å². The van der Waals surface area contributed by atoms with Crippen LogP contribution in [0.5, 0.6) is 11.5 Å². The second-order valence-corrected chi connectivity index (χ2v) is 4.87. The summed E-state index contributed by atoms with van der Waals surface area (Å²) in [6.45, 7) is 0.433. The van der Waals surface area contributed by atoms with E-state index in [9.17, 15) is 8.78 Å². The number of halogens is 3. The van der Waals surface area contributed by atoms with Crippen molar-refractivity contribution in [1.82, 2.24) is 5.32 Å². The maximum absolute atomic E-state index is 13.6. The van der Waals surface area contributed by atoms with E-state index in [1.807, 2.05) is 0 Å². The monoisotopic (exact) mass is 327 g/mol. The Morgan fingerprint density at radius 2 is 1.89 bits per heavy atom. The topological polar surface area (TPSA) is 21.3 Å². The van der Waals surface area contributed by atoms with Gasteiger partial charge < -0.3 is 10.1 Å². The zero-order chi connectivity index (χ0) is 13.8. The van der Waals surface area contributed by atoms with Crippen LogP contribution in [-0.2, 0) is 6.54 Å². The number of nitrogens with one attached hydrogen (secondary N) is 1. The first kappa shape index (κ1) is 14.0. The fourth-order valence-corrected chi connectivity index (χ4v) is 1.99. The molecule has 0 bridgehead atoms. The number of rotatable bonds is 4. The molecule has 1 N–H and O–H groups in total. The molecule has 2 aromatic carbocycles. The van der Waals surface area contributed by atoms with Gasteiger partial charge in [-0.15, -0.1) is 0 Å². The normalized spacial score (nSPS) is 10.5. The van der Waals surface area contributed by atoms with Gasteiger partial charge in [-0.2, -0.15) is 0 Å². The minimum atomic E-state index is -0.470. The fourth-order valence-electron chi connectivity index (χ4n) is 1.65. The molecular weight excluding hydrogens is 316 g/mol. The van der Waals surface area contributed by atoms with Crippen molar-refractivity contribution in [2.75, 3.05) is 7.05 Å². The highest BCUT2D eigenvalue weighted by molar-refractivity contribution is 9.10. The van der Waals surface area contributed by atoms with Crippen molar-refractivity contribution in [2.45, 2.75) is 6.54 Å². The van der Waals surface area contributed by atoms with E-state index in [0.717, 1.165) is 0 Å². The third kappa shape index (κ3) is 3.52. The van der Waals surface area contributed by atoms with Crippen molar-refractivity contribution in [3.8, 4) is 11.5 Å². The minimum Gasteiger partial charge on any atom is -0.454 e. The quantitative estimate of drug-likeness (QED) is 0.906. The van der Waals surface area contributed by atoms with Gasteiger partial charge in [0.05, 0.1) is 0 Å². The first-order chi connectivity index (χ1) is 9.10. The van der Waals surface area contributed by atoms with E-state index in [4.69, 9.17) is 4.74 Å². The summed E-state index contributed by atoms with van der Waals surface area (Å²) in [7, 11) is 1.74. The van der Waals surface area contributed by atoms with E-state index < -0.39 is 5.82 Å². The summed E-state index contributed by atoms with van der Waals surface area (Å²) in [6, 6.07) is 8.55. The molecule has 0 spiro atoms. The van der Waals surface area contributed by atoms with Crippen LogP contribution in [0.1, 0.15) is 5.56 Å². The van der Waals surface area contributed by atoms with Crippen LogP contribution < -0.4 is 10.1 Å². The summed E-state index contributed by atoms with van der Waals surface area (Å²) in [5.41, 5.74) is 0.627. The summed E-state index contributed by atoms with van der Waals surface area (Å²) in [5, 5.41) is 2.91. The van der Waals surface area contributed by atoms with E-state index in [0.29, 0.717) is 22.3 Å². The average Bonchev–Trinajstić information content (AvgIpc) is 2.37. The molecule has 0 atom stereocenters. The van der Waals surface area contributed by atoms with E-state index in [2.05, 4.69) is 21.2 Å². The van der Waals surface area contributed by atoms with Crippen LogP contribution in [0.4, 0.5) is 8.78 Å². The van der Waals surface area contributed by atoms with E-state index in [-0.39, 0.29) is 11.6 Å². The summed E-state index contributed by atoms with van der Waals surface area (Å²) in [4.78, 5) is 0. The Hall–Kier alpha value is -1.46. The Balaban J connectivity index is 2.34. The van der Waals surface area contributed by atoms with Gasteiger partial charge in [0.15, 0.2) is 11.6 Å². The lowest BCUT2D eigenvalue weighted by atomic mass is 10.2. The maximum atomic E-state index is 13.6. The molecule has 0 heterocycles. The first-order valence-corrected chi connectivity index (χ1v) is 6.45. The van der Waals surface area contributed by atoms with Crippen LogP contribution in [0.25, 0.3) is 0 Å². The van der Waals surface area contributed by atoms with Gasteiger partial charge in [-0.1, -0.05) is 15.9 Å². The summed E-state index contributed by atoms with van der Waals surface area (Å²) in [6.07, 6.45) is 0. The lowest BCUT2D eigenvalue weighted by Gasteiger charge is -2.12. The van der Waals surface area contributed by atoms with Crippen molar-refractivity contribution in [3.05, 3.63) is 58.1 Å². The molecule has 0 radical (unpaired) electrons. The van der Waals surface area contributed by atoms with E-state index in [1.54, 1.807) is 13.1 Å². The molecule has 0 fully saturated rings. The molecule has 0 aliphatic rings. The molecule has 0 saturated heterocycles. The van der Waals surface area contributed by atoms with Crippen LogP contribution >= 0.6 is 15.9 Å². The molecule has 2 nitrogen and oxygen atoms in total. The van der Waals surface area contributed by atoms with Gasteiger partial charge in [0.25, 0.3) is 0 Å². The summed E-state index contributed by atoms with van der Waals surface area (Å²) >= 11 is 3.25. The van der Waals surface area contributed by atoms with Gasteiger partial charge in [0.2, 0.25) is 0 Å². The van der Waals surface area contributed by atoms with Crippen LogP contribution in [0.3, 0.4) is 0 Å². The summed E-state index contributed by atoms with van der Waals surface area (Å²) < 4.78 is 33.0. The standard InChI is InChI=1S/C14H12BrF2NO/c1-18-8-9-6-11(16)3-5-13(9)19-14-7-10(15)2-4-12(14)17/h2-7,18H,8H2,1H3. The van der Waals surface area contributed by atoms with Gasteiger partial charge in [-0.05, 0) is 43.4 Å². The largest absolute Gasteiger partial charge is 0.454 e. The number of hydrogen-bond donors (Lipinski definition) is 1. The Bertz CT molecular complexity index is 590. The second-order valence-electron chi connectivity index (χ2n) is 3.96. The number of hydrogen-bond acceptors (Lipinski definition) is 2. The lowest BCUT2D eigenvalue weighted by Crippen LogP contribution is -2.07. The Kier molecular flexibility index (Phi) is 4.50. The zero-order valence-corrected chi connectivity index (χ0v) is 11.8. The average molecular weight is 328 g/mol. The van der Waals surface area contributed by atoms with E-state index >= 15 is 0 Å². The van der Waals surface area contributed by atoms with Crippen LogP contribution in [0.2, 0.25) is 0 Å². The highest BCUT2D eigenvalue weighted by Gasteiger charge is 2.10. The molecule has 0 amide bonds. The molecule has 0 aromatic heterocycles. The minimum absolute atomic E-state index is 0.0957. The Labute approximate surface area is 118 Å².